The third-order valence-electron chi connectivity index (χ3n) is 2.65. The molecule has 0 saturated carbocycles. The summed E-state index contributed by atoms with van der Waals surface area (Å²) in [4.78, 5) is 11.9. The lowest BCUT2D eigenvalue weighted by molar-refractivity contribution is 0.0939. The van der Waals surface area contributed by atoms with Crippen molar-refractivity contribution in [1.82, 2.24) is 5.32 Å². The Kier molecular flexibility index (Phi) is 3.58. The van der Waals surface area contributed by atoms with Crippen molar-refractivity contribution in [2.75, 3.05) is 5.73 Å². The van der Waals surface area contributed by atoms with Crippen molar-refractivity contribution < 1.29 is 9.21 Å². The fourth-order valence-electron chi connectivity index (χ4n) is 1.60. The number of carbonyl (C=O) groups is 1. The van der Waals surface area contributed by atoms with E-state index in [0.29, 0.717) is 11.3 Å². The molecule has 0 aliphatic heterocycles. The summed E-state index contributed by atoms with van der Waals surface area (Å²) < 4.78 is 4.88. The molecule has 94 valence electrons. The van der Waals surface area contributed by atoms with Crippen LogP contribution in [0.25, 0.3) is 0 Å². The van der Waals surface area contributed by atoms with Gasteiger partial charge in [0.25, 0.3) is 5.91 Å². The molecule has 1 aromatic carbocycles. The van der Waals surface area contributed by atoms with E-state index in [1.54, 1.807) is 12.1 Å². The van der Waals surface area contributed by atoms with Gasteiger partial charge in [-0.05, 0) is 42.3 Å². The van der Waals surface area contributed by atoms with Gasteiger partial charge in [-0.2, -0.15) is 0 Å². The van der Waals surface area contributed by atoms with Crippen LogP contribution in [0.3, 0.4) is 0 Å². The van der Waals surface area contributed by atoms with Crippen LogP contribution in [-0.2, 0) is 0 Å². The van der Waals surface area contributed by atoms with Crippen molar-refractivity contribution in [1.29, 1.82) is 0 Å². The zero-order valence-electron chi connectivity index (χ0n) is 9.81. The lowest BCUT2D eigenvalue weighted by atomic mass is 10.1. The van der Waals surface area contributed by atoms with Crippen molar-refractivity contribution in [2.24, 2.45) is 0 Å². The second kappa shape index (κ2) is 5.14. The molecule has 1 atom stereocenters. The molecule has 18 heavy (non-hydrogen) atoms. The number of nitrogen functional groups attached to an aromatic ring is 1. The van der Waals surface area contributed by atoms with Crippen molar-refractivity contribution in [2.45, 2.75) is 13.0 Å². The lowest BCUT2D eigenvalue weighted by Gasteiger charge is -2.14. The molecule has 1 heterocycles. The van der Waals surface area contributed by atoms with E-state index >= 15 is 0 Å². The van der Waals surface area contributed by atoms with Crippen molar-refractivity contribution >= 4 is 23.2 Å². The Balaban J connectivity index is 2.08. The number of amides is 1. The van der Waals surface area contributed by atoms with Crippen molar-refractivity contribution in [3.05, 3.63) is 52.9 Å². The van der Waals surface area contributed by atoms with Crippen LogP contribution in [0.5, 0.6) is 0 Å². The van der Waals surface area contributed by atoms with E-state index in [0.717, 1.165) is 5.56 Å². The van der Waals surface area contributed by atoms with Gasteiger partial charge in [0, 0.05) is 5.69 Å². The molecule has 3 N–H and O–H groups in total. The molecular formula is C13H13ClN2O2. The minimum absolute atomic E-state index is 0.0945. The molecule has 2 rings (SSSR count). The zero-order chi connectivity index (χ0) is 13.1. The maximum atomic E-state index is 11.9. The maximum absolute atomic E-state index is 11.9. The van der Waals surface area contributed by atoms with Gasteiger partial charge in [-0.25, -0.2) is 0 Å². The highest BCUT2D eigenvalue weighted by Gasteiger charge is 2.15. The second-order valence-corrected chi connectivity index (χ2v) is 4.31. The Hall–Kier alpha value is -1.94. The molecule has 1 amide bonds. The van der Waals surface area contributed by atoms with Crippen LogP contribution >= 0.6 is 11.6 Å². The van der Waals surface area contributed by atoms with E-state index < -0.39 is 0 Å². The van der Waals surface area contributed by atoms with E-state index in [2.05, 4.69) is 5.32 Å². The van der Waals surface area contributed by atoms with Gasteiger partial charge in [-0.1, -0.05) is 12.1 Å². The number of nitrogens with two attached hydrogens (primary N) is 1. The molecule has 0 aliphatic carbocycles. The first kappa shape index (κ1) is 12.5. The predicted octanol–water partition coefficient (Wildman–Crippen LogP) is 3.01. The van der Waals surface area contributed by atoms with E-state index in [1.165, 1.54) is 12.3 Å². The molecular weight excluding hydrogens is 252 g/mol. The minimum Gasteiger partial charge on any atom is -0.452 e. The lowest BCUT2D eigenvalue weighted by Crippen LogP contribution is -2.26. The average molecular weight is 265 g/mol. The van der Waals surface area contributed by atoms with Gasteiger partial charge in [0.15, 0.2) is 0 Å². The van der Waals surface area contributed by atoms with Crippen molar-refractivity contribution in [3.8, 4) is 0 Å². The molecule has 1 aromatic heterocycles. The first-order valence-electron chi connectivity index (χ1n) is 5.47. The van der Waals surface area contributed by atoms with Crippen LogP contribution in [0.4, 0.5) is 5.69 Å². The molecule has 4 nitrogen and oxygen atoms in total. The molecule has 0 radical (unpaired) electrons. The molecule has 0 bridgehead atoms. The number of nitrogens with one attached hydrogen (secondary N) is 1. The van der Waals surface area contributed by atoms with Crippen LogP contribution in [0.2, 0.25) is 5.22 Å². The third kappa shape index (κ3) is 2.65. The van der Waals surface area contributed by atoms with Crippen LogP contribution in [0, 0.1) is 0 Å². The standard InChI is InChI=1S/C13H13ClN2O2/c1-8(9-2-4-10(15)5-3-9)16-13(17)11-6-7-18-12(11)14/h2-8H,15H2,1H3,(H,16,17). The zero-order valence-corrected chi connectivity index (χ0v) is 10.6. The number of anilines is 1. The first-order valence-corrected chi connectivity index (χ1v) is 5.85. The summed E-state index contributed by atoms with van der Waals surface area (Å²) in [5, 5.41) is 2.93. The SMILES string of the molecule is CC(NC(=O)c1ccoc1Cl)c1ccc(N)cc1. The van der Waals surface area contributed by atoms with Crippen molar-refractivity contribution in [3.63, 3.8) is 0 Å². The van der Waals surface area contributed by atoms with Crippen LogP contribution in [-0.4, -0.2) is 5.91 Å². The molecule has 0 aliphatic rings. The molecule has 1 unspecified atom stereocenters. The fourth-order valence-corrected chi connectivity index (χ4v) is 1.80. The number of hydrogen-bond donors (Lipinski definition) is 2. The quantitative estimate of drug-likeness (QED) is 0.838. The van der Waals surface area contributed by atoms with Crippen LogP contribution in [0.15, 0.2) is 41.0 Å². The van der Waals surface area contributed by atoms with E-state index in [4.69, 9.17) is 21.8 Å². The molecule has 0 saturated heterocycles. The largest absolute Gasteiger partial charge is 0.452 e. The summed E-state index contributed by atoms with van der Waals surface area (Å²) in [6.07, 6.45) is 1.38. The normalized spacial score (nSPS) is 12.1. The summed E-state index contributed by atoms with van der Waals surface area (Å²) in [7, 11) is 0. The van der Waals surface area contributed by atoms with E-state index in [1.807, 2.05) is 19.1 Å². The van der Waals surface area contributed by atoms with E-state index in [9.17, 15) is 4.79 Å². The number of hydrogen-bond acceptors (Lipinski definition) is 3. The predicted molar refractivity (Wildman–Crippen MR) is 70.5 cm³/mol. The number of carbonyl (C=O) groups excluding carboxylic acids is 1. The van der Waals surface area contributed by atoms with Gasteiger partial charge in [-0.15, -0.1) is 0 Å². The number of halogens is 1. The topological polar surface area (TPSA) is 68.3 Å². The molecule has 2 aromatic rings. The molecule has 0 spiro atoms. The molecule has 5 heteroatoms. The van der Waals surface area contributed by atoms with Crippen LogP contribution in [0.1, 0.15) is 28.9 Å². The van der Waals surface area contributed by atoms with Gasteiger partial charge in [-0.3, -0.25) is 4.79 Å². The average Bonchev–Trinajstić information content (AvgIpc) is 2.76. The number of furan rings is 1. The number of rotatable bonds is 3. The third-order valence-corrected chi connectivity index (χ3v) is 2.94. The minimum atomic E-state index is -0.266. The summed E-state index contributed by atoms with van der Waals surface area (Å²) >= 11 is 5.74. The van der Waals surface area contributed by atoms with E-state index in [-0.39, 0.29) is 17.2 Å². The van der Waals surface area contributed by atoms with Crippen LogP contribution < -0.4 is 11.1 Å². The number of benzene rings is 1. The Morgan fingerprint density at radius 1 is 1.33 bits per heavy atom. The summed E-state index contributed by atoms with van der Waals surface area (Å²) in [5.74, 6) is -0.266. The highest BCUT2D eigenvalue weighted by molar-refractivity contribution is 6.32. The fraction of sp³-hybridized carbons (Fsp3) is 0.154. The highest BCUT2D eigenvalue weighted by atomic mass is 35.5. The Morgan fingerprint density at radius 3 is 2.56 bits per heavy atom. The van der Waals surface area contributed by atoms with Gasteiger partial charge >= 0.3 is 0 Å². The Labute approximate surface area is 110 Å². The molecule has 0 fully saturated rings. The first-order chi connectivity index (χ1) is 8.58. The van der Waals surface area contributed by atoms with Gasteiger partial charge < -0.3 is 15.5 Å². The Bertz CT molecular complexity index is 548. The highest BCUT2D eigenvalue weighted by Crippen LogP contribution is 2.19. The van der Waals surface area contributed by atoms with Gasteiger partial charge in [0.2, 0.25) is 5.22 Å². The van der Waals surface area contributed by atoms with Gasteiger partial charge in [0.1, 0.15) is 0 Å². The summed E-state index contributed by atoms with van der Waals surface area (Å²) in [6, 6.07) is 8.73. The smallest absolute Gasteiger partial charge is 0.256 e. The van der Waals surface area contributed by atoms with Gasteiger partial charge in [0.05, 0.1) is 17.9 Å². The maximum Gasteiger partial charge on any atom is 0.256 e. The second-order valence-electron chi connectivity index (χ2n) is 3.97. The monoisotopic (exact) mass is 264 g/mol. The Morgan fingerprint density at radius 2 is 2.00 bits per heavy atom. The summed E-state index contributed by atoms with van der Waals surface area (Å²) in [5.41, 5.74) is 7.60. The summed E-state index contributed by atoms with van der Waals surface area (Å²) in [6.45, 7) is 1.89.